The molecular weight excluding hydrogens is 542 g/mol. The maximum atomic E-state index is 13.2. The molecule has 0 aliphatic carbocycles. The van der Waals surface area contributed by atoms with Gasteiger partial charge in [0.05, 0.1) is 24.9 Å². The average Bonchev–Trinajstić information content (AvgIpc) is 3.50. The number of hydrogen-bond acceptors (Lipinski definition) is 4. The molecule has 0 spiro atoms. The number of anilines is 1. The van der Waals surface area contributed by atoms with Gasteiger partial charge < -0.3 is 24.8 Å². The maximum Gasteiger partial charge on any atom is 0.226 e. The second-order valence-electron chi connectivity index (χ2n) is 10.5. The van der Waals surface area contributed by atoms with Gasteiger partial charge in [-0.1, -0.05) is 42.5 Å². The standard InChI is InChI=1S/C34H33N5O2S/c1-22-21-28(23(2)39(22)25-14-16-26(41-3)17-15-25)33-32(30-12-6-7-19-35-30)37-34(42)38(33)20-18-31(40)36-29-13-8-10-24-9-4-5-11-27(24)29/h4-17,19,21,32-33H,18,20H2,1-3H3,(H,36,40)(H,37,42)/t32-,33-/m1/s1. The van der Waals surface area contributed by atoms with E-state index in [9.17, 15) is 4.79 Å². The molecule has 2 atom stereocenters. The number of aromatic nitrogens is 2. The van der Waals surface area contributed by atoms with Crippen molar-refractivity contribution in [2.75, 3.05) is 19.0 Å². The number of fused-ring (bicyclic) bond motifs is 1. The van der Waals surface area contributed by atoms with Crippen LogP contribution in [0.5, 0.6) is 5.75 Å². The van der Waals surface area contributed by atoms with Gasteiger partial charge in [-0.15, -0.1) is 0 Å². The Morgan fingerprint density at radius 2 is 1.76 bits per heavy atom. The highest BCUT2D eigenvalue weighted by molar-refractivity contribution is 7.80. The fraction of sp³-hybridized carbons (Fsp3) is 0.206. The van der Waals surface area contributed by atoms with Crippen molar-refractivity contribution in [2.24, 2.45) is 0 Å². The second kappa shape index (κ2) is 11.7. The predicted octanol–water partition coefficient (Wildman–Crippen LogP) is 6.65. The minimum Gasteiger partial charge on any atom is -0.497 e. The van der Waals surface area contributed by atoms with E-state index in [0.29, 0.717) is 11.7 Å². The number of amides is 1. The van der Waals surface area contributed by atoms with E-state index < -0.39 is 0 Å². The molecule has 0 saturated carbocycles. The topological polar surface area (TPSA) is 71.4 Å². The summed E-state index contributed by atoms with van der Waals surface area (Å²) < 4.78 is 7.61. The molecule has 1 aliphatic heterocycles. The van der Waals surface area contributed by atoms with Gasteiger partial charge in [0.1, 0.15) is 5.75 Å². The monoisotopic (exact) mass is 575 g/mol. The van der Waals surface area contributed by atoms with Crippen molar-refractivity contribution >= 4 is 39.7 Å². The van der Waals surface area contributed by atoms with Gasteiger partial charge in [0.25, 0.3) is 0 Å². The number of thiocarbonyl (C=S) groups is 1. The Kier molecular flexibility index (Phi) is 7.63. The zero-order valence-corrected chi connectivity index (χ0v) is 24.7. The number of benzene rings is 3. The fourth-order valence-electron chi connectivity index (χ4n) is 5.97. The summed E-state index contributed by atoms with van der Waals surface area (Å²) in [4.78, 5) is 20.1. The van der Waals surface area contributed by atoms with Crippen molar-refractivity contribution in [3.63, 3.8) is 0 Å². The van der Waals surface area contributed by atoms with Crippen LogP contribution in [0.2, 0.25) is 0 Å². The second-order valence-corrected chi connectivity index (χ2v) is 10.9. The van der Waals surface area contributed by atoms with E-state index >= 15 is 0 Å². The average molecular weight is 576 g/mol. The molecule has 1 fully saturated rings. The summed E-state index contributed by atoms with van der Waals surface area (Å²) in [5.74, 6) is 0.757. The normalized spacial score (nSPS) is 16.5. The van der Waals surface area contributed by atoms with Crippen LogP contribution >= 0.6 is 12.2 Å². The van der Waals surface area contributed by atoms with E-state index in [1.165, 1.54) is 0 Å². The van der Waals surface area contributed by atoms with E-state index in [2.05, 4.69) is 57.1 Å². The molecule has 0 radical (unpaired) electrons. The van der Waals surface area contributed by atoms with Crippen molar-refractivity contribution in [3.05, 3.63) is 120 Å². The molecule has 3 aromatic carbocycles. The molecule has 7 nitrogen and oxygen atoms in total. The summed E-state index contributed by atoms with van der Waals surface area (Å²) in [6.07, 6.45) is 2.09. The number of carbonyl (C=O) groups excluding carboxylic acids is 1. The Labute approximate surface area is 251 Å². The third kappa shape index (κ3) is 5.21. The molecule has 42 heavy (non-hydrogen) atoms. The van der Waals surface area contributed by atoms with Crippen LogP contribution in [-0.4, -0.2) is 39.1 Å². The van der Waals surface area contributed by atoms with Crippen LogP contribution in [0.15, 0.2) is 97.2 Å². The van der Waals surface area contributed by atoms with Gasteiger partial charge in [0, 0.05) is 47.3 Å². The molecule has 1 aliphatic rings. The molecular formula is C34H33N5O2S. The first-order valence-corrected chi connectivity index (χ1v) is 14.4. The Hall–Kier alpha value is -4.69. The highest BCUT2D eigenvalue weighted by Crippen LogP contribution is 2.41. The number of nitrogens with zero attached hydrogens (tertiary/aromatic N) is 3. The maximum absolute atomic E-state index is 13.2. The highest BCUT2D eigenvalue weighted by atomic mass is 32.1. The predicted molar refractivity (Wildman–Crippen MR) is 171 cm³/mol. The summed E-state index contributed by atoms with van der Waals surface area (Å²) >= 11 is 5.88. The van der Waals surface area contributed by atoms with E-state index in [1.54, 1.807) is 13.3 Å². The van der Waals surface area contributed by atoms with Gasteiger partial charge in [-0.3, -0.25) is 9.78 Å². The number of methoxy groups -OCH3 is 1. The van der Waals surface area contributed by atoms with Crippen LogP contribution in [0, 0.1) is 13.8 Å². The lowest BCUT2D eigenvalue weighted by Gasteiger charge is -2.28. The number of aryl methyl sites for hydroxylation is 1. The number of pyridine rings is 1. The molecule has 212 valence electrons. The summed E-state index contributed by atoms with van der Waals surface area (Å²) in [5.41, 5.74) is 6.13. The third-order valence-electron chi connectivity index (χ3n) is 7.96. The van der Waals surface area contributed by atoms with Crippen molar-refractivity contribution < 1.29 is 9.53 Å². The van der Waals surface area contributed by atoms with Crippen LogP contribution < -0.4 is 15.4 Å². The van der Waals surface area contributed by atoms with E-state index in [4.69, 9.17) is 17.0 Å². The van der Waals surface area contributed by atoms with Crippen molar-refractivity contribution in [2.45, 2.75) is 32.4 Å². The van der Waals surface area contributed by atoms with Gasteiger partial charge in [0.2, 0.25) is 5.91 Å². The van der Waals surface area contributed by atoms with E-state index in [1.807, 2.05) is 72.8 Å². The molecule has 1 amide bonds. The minimum atomic E-state index is -0.162. The fourth-order valence-corrected chi connectivity index (χ4v) is 6.30. The number of hydrogen-bond donors (Lipinski definition) is 2. The smallest absolute Gasteiger partial charge is 0.226 e. The lowest BCUT2D eigenvalue weighted by Crippen LogP contribution is -2.33. The summed E-state index contributed by atoms with van der Waals surface area (Å²) in [7, 11) is 1.67. The molecule has 3 heterocycles. The van der Waals surface area contributed by atoms with Gasteiger partial charge in [-0.2, -0.15) is 0 Å². The van der Waals surface area contributed by atoms with Crippen molar-refractivity contribution in [1.29, 1.82) is 0 Å². The Morgan fingerprint density at radius 1 is 1.00 bits per heavy atom. The molecule has 6 rings (SSSR count). The van der Waals surface area contributed by atoms with Crippen molar-refractivity contribution in [1.82, 2.24) is 19.8 Å². The van der Waals surface area contributed by atoms with Crippen LogP contribution in [0.25, 0.3) is 16.5 Å². The molecule has 1 saturated heterocycles. The summed E-state index contributed by atoms with van der Waals surface area (Å²) in [5, 5.41) is 9.36. The van der Waals surface area contributed by atoms with Crippen LogP contribution in [0.1, 0.15) is 41.1 Å². The minimum absolute atomic E-state index is 0.0575. The quantitative estimate of drug-likeness (QED) is 0.202. The van der Waals surface area contributed by atoms with Crippen LogP contribution in [0.3, 0.4) is 0 Å². The first-order chi connectivity index (χ1) is 20.4. The molecule has 0 unspecified atom stereocenters. The van der Waals surface area contributed by atoms with E-state index in [0.717, 1.165) is 50.5 Å². The largest absolute Gasteiger partial charge is 0.497 e. The Bertz CT molecular complexity index is 1740. The third-order valence-corrected chi connectivity index (χ3v) is 8.31. The summed E-state index contributed by atoms with van der Waals surface area (Å²) in [6, 6.07) is 29.9. The summed E-state index contributed by atoms with van der Waals surface area (Å²) in [6.45, 7) is 4.70. The molecule has 0 bridgehead atoms. The number of nitrogens with one attached hydrogen (secondary N) is 2. The number of ether oxygens (including phenoxy) is 1. The van der Waals surface area contributed by atoms with Gasteiger partial charge in [0.15, 0.2) is 5.11 Å². The van der Waals surface area contributed by atoms with Gasteiger partial charge >= 0.3 is 0 Å². The van der Waals surface area contributed by atoms with Crippen LogP contribution in [0.4, 0.5) is 5.69 Å². The lowest BCUT2D eigenvalue weighted by atomic mass is 9.96. The van der Waals surface area contributed by atoms with Crippen LogP contribution in [-0.2, 0) is 4.79 Å². The first-order valence-electron chi connectivity index (χ1n) is 14.0. The van der Waals surface area contributed by atoms with E-state index in [-0.39, 0.29) is 24.4 Å². The highest BCUT2D eigenvalue weighted by Gasteiger charge is 2.41. The molecule has 2 N–H and O–H groups in total. The Balaban J connectivity index is 1.30. The number of carbonyl (C=O) groups is 1. The molecule has 8 heteroatoms. The van der Waals surface area contributed by atoms with Gasteiger partial charge in [-0.05, 0) is 85.5 Å². The van der Waals surface area contributed by atoms with Gasteiger partial charge in [-0.25, -0.2) is 0 Å². The zero-order chi connectivity index (χ0) is 29.2. The first kappa shape index (κ1) is 27.5. The zero-order valence-electron chi connectivity index (χ0n) is 23.9. The molecule has 2 aromatic heterocycles. The lowest BCUT2D eigenvalue weighted by molar-refractivity contribution is -0.116. The molecule has 5 aromatic rings. The SMILES string of the molecule is COc1ccc(-n2c(C)cc([C@@H]3[C@@H](c4ccccn4)NC(=S)N3CCC(=O)Nc3cccc4ccccc34)c2C)cc1. The Morgan fingerprint density at radius 3 is 2.52 bits per heavy atom. The number of rotatable bonds is 8. The van der Waals surface area contributed by atoms with Crippen molar-refractivity contribution in [3.8, 4) is 11.4 Å².